The molecule has 152 valence electrons. The molecule has 0 bridgehead atoms. The summed E-state index contributed by atoms with van der Waals surface area (Å²) in [4.78, 5) is 18.4. The van der Waals surface area contributed by atoms with E-state index in [1.54, 1.807) is 29.3 Å². The van der Waals surface area contributed by atoms with E-state index in [4.69, 9.17) is 5.11 Å². The van der Waals surface area contributed by atoms with Crippen LogP contribution in [0.1, 0.15) is 40.9 Å². The number of hydrogen-bond donors (Lipinski definition) is 1. The maximum atomic E-state index is 10.5. The van der Waals surface area contributed by atoms with E-state index in [9.17, 15) is 4.79 Å². The molecule has 0 spiro atoms. The van der Waals surface area contributed by atoms with E-state index in [1.807, 2.05) is 6.07 Å². The first kappa shape index (κ1) is 19.2. The van der Waals surface area contributed by atoms with Crippen LogP contribution in [0.3, 0.4) is 0 Å². The predicted octanol–water partition coefficient (Wildman–Crippen LogP) is 6.22. The van der Waals surface area contributed by atoms with Gasteiger partial charge in [-0.15, -0.1) is 0 Å². The molecule has 6 rings (SSSR count). The highest BCUT2D eigenvalue weighted by Gasteiger charge is 2.20. The molecular formula is C27H22N2O2. The van der Waals surface area contributed by atoms with Crippen LogP contribution in [0.2, 0.25) is 0 Å². The number of para-hydroxylation sites is 2. The fourth-order valence-electron chi connectivity index (χ4n) is 4.44. The smallest absolute Gasteiger partial charge is 0.356 e. The van der Waals surface area contributed by atoms with Gasteiger partial charge in [0.1, 0.15) is 0 Å². The van der Waals surface area contributed by atoms with Gasteiger partial charge in [0.05, 0.1) is 17.2 Å². The van der Waals surface area contributed by atoms with Crippen LogP contribution in [0.5, 0.6) is 0 Å². The van der Waals surface area contributed by atoms with Crippen molar-refractivity contribution in [3.05, 3.63) is 101 Å². The van der Waals surface area contributed by atoms with Crippen LogP contribution in [0, 0.1) is 0 Å². The molecule has 3 aromatic carbocycles. The van der Waals surface area contributed by atoms with Crippen LogP contribution < -0.4 is 0 Å². The highest BCUT2D eigenvalue weighted by Crippen LogP contribution is 2.39. The molecule has 2 aliphatic carbocycles. The number of allylic oxidation sites excluding steroid dienone is 4. The molecule has 1 N–H and O–H groups in total. The molecular weight excluding hydrogens is 384 g/mol. The van der Waals surface area contributed by atoms with Crippen molar-refractivity contribution in [2.24, 2.45) is 0 Å². The van der Waals surface area contributed by atoms with E-state index < -0.39 is 5.97 Å². The number of hydrogen-bond acceptors (Lipinski definition) is 3. The quantitative estimate of drug-likeness (QED) is 0.408. The maximum Gasteiger partial charge on any atom is 0.356 e. The SMILES string of the molecule is C1=CC2=C(CC1)CCc1c2ccc2ccccc12.O=C(O)c1cnc2ccccc2n1. The fraction of sp³-hybridized carbons (Fsp3) is 0.148. The lowest BCUT2D eigenvalue weighted by Gasteiger charge is -2.25. The largest absolute Gasteiger partial charge is 0.476 e. The van der Waals surface area contributed by atoms with Gasteiger partial charge in [-0.05, 0) is 65.3 Å². The third-order valence-corrected chi connectivity index (χ3v) is 5.95. The van der Waals surface area contributed by atoms with Gasteiger partial charge in [-0.1, -0.05) is 66.3 Å². The van der Waals surface area contributed by atoms with Crippen molar-refractivity contribution in [2.45, 2.75) is 25.7 Å². The summed E-state index contributed by atoms with van der Waals surface area (Å²) in [6.07, 6.45) is 10.9. The summed E-state index contributed by atoms with van der Waals surface area (Å²) in [5, 5.41) is 11.5. The van der Waals surface area contributed by atoms with Gasteiger partial charge in [0.25, 0.3) is 0 Å². The molecule has 1 heterocycles. The van der Waals surface area contributed by atoms with Crippen molar-refractivity contribution in [1.29, 1.82) is 0 Å². The monoisotopic (exact) mass is 406 g/mol. The molecule has 1 aromatic heterocycles. The van der Waals surface area contributed by atoms with E-state index >= 15 is 0 Å². The zero-order valence-electron chi connectivity index (χ0n) is 17.1. The van der Waals surface area contributed by atoms with Crippen molar-refractivity contribution in [2.75, 3.05) is 0 Å². The zero-order valence-corrected chi connectivity index (χ0v) is 17.1. The molecule has 0 saturated carbocycles. The Balaban J connectivity index is 0.000000140. The number of aromatic carboxylic acids is 1. The lowest BCUT2D eigenvalue weighted by molar-refractivity contribution is 0.0690. The molecule has 31 heavy (non-hydrogen) atoms. The Morgan fingerprint density at radius 3 is 2.55 bits per heavy atom. The molecule has 0 amide bonds. The minimum Gasteiger partial charge on any atom is -0.476 e. The summed E-state index contributed by atoms with van der Waals surface area (Å²) in [7, 11) is 0. The van der Waals surface area contributed by atoms with E-state index in [0.29, 0.717) is 11.0 Å². The van der Waals surface area contributed by atoms with Crippen molar-refractivity contribution >= 4 is 33.3 Å². The number of nitrogens with zero attached hydrogens (tertiary/aromatic N) is 2. The second-order valence-corrected chi connectivity index (χ2v) is 7.82. The Kier molecular flexibility index (Phi) is 5.04. The third kappa shape index (κ3) is 3.73. The van der Waals surface area contributed by atoms with Crippen molar-refractivity contribution in [1.82, 2.24) is 9.97 Å². The van der Waals surface area contributed by atoms with Crippen molar-refractivity contribution < 1.29 is 9.90 Å². The first-order chi connectivity index (χ1) is 15.2. The predicted molar refractivity (Wildman–Crippen MR) is 124 cm³/mol. The average molecular weight is 406 g/mol. The summed E-state index contributed by atoms with van der Waals surface area (Å²) < 4.78 is 0. The van der Waals surface area contributed by atoms with Gasteiger partial charge in [0, 0.05) is 0 Å². The molecule has 0 unspecified atom stereocenters. The molecule has 2 aliphatic rings. The lowest BCUT2D eigenvalue weighted by Crippen LogP contribution is -2.06. The number of aromatic nitrogens is 2. The number of aryl methyl sites for hydroxylation is 1. The minimum absolute atomic E-state index is 0.0290. The van der Waals surface area contributed by atoms with Crippen molar-refractivity contribution in [3.63, 3.8) is 0 Å². The van der Waals surface area contributed by atoms with Crippen LogP contribution in [0.4, 0.5) is 0 Å². The number of carbonyl (C=O) groups is 1. The number of carboxylic acid groups (broad SMARTS) is 1. The molecule has 0 fully saturated rings. The molecule has 0 aliphatic heterocycles. The van der Waals surface area contributed by atoms with Crippen LogP contribution >= 0.6 is 0 Å². The summed E-state index contributed by atoms with van der Waals surface area (Å²) in [6, 6.07) is 20.5. The molecule has 0 saturated heterocycles. The fourth-order valence-corrected chi connectivity index (χ4v) is 4.44. The number of benzene rings is 3. The van der Waals surface area contributed by atoms with Gasteiger partial charge in [-0.25, -0.2) is 9.78 Å². The van der Waals surface area contributed by atoms with E-state index in [0.717, 1.165) is 0 Å². The zero-order chi connectivity index (χ0) is 21.2. The van der Waals surface area contributed by atoms with Gasteiger partial charge < -0.3 is 5.11 Å². The molecule has 0 radical (unpaired) electrons. The average Bonchev–Trinajstić information content (AvgIpc) is 2.83. The first-order valence-electron chi connectivity index (χ1n) is 10.6. The van der Waals surface area contributed by atoms with Gasteiger partial charge in [0.15, 0.2) is 5.69 Å². The highest BCUT2D eigenvalue weighted by molar-refractivity contribution is 5.93. The molecule has 4 nitrogen and oxygen atoms in total. The second-order valence-electron chi connectivity index (χ2n) is 7.82. The minimum atomic E-state index is -1.06. The summed E-state index contributed by atoms with van der Waals surface area (Å²) in [5.74, 6) is -1.06. The Bertz CT molecular complexity index is 1370. The standard InChI is InChI=1S/C18H16.C9H6N2O2/c1-3-7-15-13(5-1)9-11-18-16-8-4-2-6-14(16)10-12-17(15)18;12-9(13)8-5-10-6-3-1-2-4-7(6)11-8/h1,3-5,7-9,11H,2,6,10,12H2;1-5H,(H,12,13). The van der Waals surface area contributed by atoms with E-state index in [2.05, 4.69) is 58.5 Å². The highest BCUT2D eigenvalue weighted by atomic mass is 16.4. The van der Waals surface area contributed by atoms with E-state index in [1.165, 1.54) is 53.8 Å². The number of carboxylic acids is 1. The van der Waals surface area contributed by atoms with Gasteiger partial charge >= 0.3 is 5.97 Å². The Hall–Kier alpha value is -3.79. The number of rotatable bonds is 1. The van der Waals surface area contributed by atoms with Crippen LogP contribution in [-0.2, 0) is 6.42 Å². The third-order valence-electron chi connectivity index (χ3n) is 5.95. The number of fused-ring (bicyclic) bond motifs is 5. The lowest BCUT2D eigenvalue weighted by atomic mass is 9.80. The van der Waals surface area contributed by atoms with Crippen LogP contribution in [0.25, 0.3) is 27.4 Å². The summed E-state index contributed by atoms with van der Waals surface area (Å²) in [5.41, 5.74) is 7.48. The summed E-state index contributed by atoms with van der Waals surface area (Å²) >= 11 is 0. The van der Waals surface area contributed by atoms with Gasteiger partial charge in [-0.2, -0.15) is 0 Å². The van der Waals surface area contributed by atoms with Gasteiger partial charge in [-0.3, -0.25) is 4.98 Å². The van der Waals surface area contributed by atoms with Crippen LogP contribution in [0.15, 0.2) is 84.6 Å². The molecule has 4 aromatic rings. The Labute approximate surface area is 180 Å². The molecule has 0 atom stereocenters. The Morgan fingerprint density at radius 2 is 1.68 bits per heavy atom. The topological polar surface area (TPSA) is 63.1 Å². The maximum absolute atomic E-state index is 10.5. The van der Waals surface area contributed by atoms with Crippen molar-refractivity contribution in [3.8, 4) is 0 Å². The first-order valence-corrected chi connectivity index (χ1v) is 10.6. The van der Waals surface area contributed by atoms with E-state index in [-0.39, 0.29) is 5.69 Å². The van der Waals surface area contributed by atoms with Gasteiger partial charge in [0.2, 0.25) is 0 Å². The Morgan fingerprint density at radius 1 is 0.871 bits per heavy atom. The van der Waals surface area contributed by atoms with Crippen LogP contribution in [-0.4, -0.2) is 21.0 Å². The normalized spacial score (nSPS) is 14.6. The summed E-state index contributed by atoms with van der Waals surface area (Å²) in [6.45, 7) is 0. The second kappa shape index (κ2) is 8.15. The molecule has 4 heteroatoms.